The Kier molecular flexibility index (Phi) is 5.35. The molecule has 1 aliphatic heterocycles. The largest absolute Gasteiger partial charge is 0.480 e. The average Bonchev–Trinajstić information content (AvgIpc) is 2.46. The first kappa shape index (κ1) is 16.3. The topological polar surface area (TPSA) is 95.9 Å². The Labute approximate surface area is 118 Å². The van der Waals surface area contributed by atoms with Crippen molar-refractivity contribution in [3.63, 3.8) is 0 Å². The molecule has 1 aliphatic rings. The number of hydrogen-bond acceptors (Lipinski definition) is 4. The molecule has 114 valence electrons. The summed E-state index contributed by atoms with van der Waals surface area (Å²) in [4.78, 5) is 36.1. The number of aliphatic carboxylic acids is 1. The van der Waals surface area contributed by atoms with Crippen LogP contribution in [0.4, 0.5) is 4.79 Å². The molecule has 0 bridgehead atoms. The van der Waals surface area contributed by atoms with Gasteiger partial charge in [-0.3, -0.25) is 4.79 Å². The third-order valence-electron chi connectivity index (χ3n) is 3.88. The number of hydrogen-bond donors (Lipinski definition) is 2. The SMILES string of the molecule is CCC(C)(NC(=O)N1CCC(C(=O)OC)CC1)C(=O)O. The van der Waals surface area contributed by atoms with Crippen molar-refractivity contribution in [2.24, 2.45) is 5.92 Å². The number of carbonyl (C=O) groups excluding carboxylic acids is 2. The van der Waals surface area contributed by atoms with Crippen molar-refractivity contribution >= 4 is 18.0 Å². The number of carbonyl (C=O) groups is 3. The average molecular weight is 286 g/mol. The molecule has 7 nitrogen and oxygen atoms in total. The second-order valence-electron chi connectivity index (χ2n) is 5.21. The minimum atomic E-state index is -1.27. The number of carboxylic acid groups (broad SMARTS) is 1. The van der Waals surface area contributed by atoms with E-state index in [1.54, 1.807) is 6.92 Å². The summed E-state index contributed by atoms with van der Waals surface area (Å²) in [7, 11) is 1.35. The molecule has 1 heterocycles. The van der Waals surface area contributed by atoms with E-state index >= 15 is 0 Å². The molecule has 0 spiro atoms. The van der Waals surface area contributed by atoms with Gasteiger partial charge in [-0.05, 0) is 26.2 Å². The van der Waals surface area contributed by atoms with E-state index in [-0.39, 0.29) is 11.9 Å². The summed E-state index contributed by atoms with van der Waals surface area (Å²) in [5.74, 6) is -1.49. The highest BCUT2D eigenvalue weighted by molar-refractivity contribution is 5.86. The fourth-order valence-corrected chi connectivity index (χ4v) is 2.09. The zero-order chi connectivity index (χ0) is 15.3. The molecule has 0 aromatic carbocycles. The number of piperidine rings is 1. The van der Waals surface area contributed by atoms with Gasteiger partial charge in [-0.2, -0.15) is 0 Å². The van der Waals surface area contributed by atoms with Gasteiger partial charge in [-0.1, -0.05) is 6.92 Å². The standard InChI is InChI=1S/C13H22N2O5/c1-4-13(2,11(17)18)14-12(19)15-7-5-9(6-8-15)10(16)20-3/h9H,4-8H2,1-3H3,(H,14,19)(H,17,18). The van der Waals surface area contributed by atoms with E-state index in [1.165, 1.54) is 18.9 Å². The van der Waals surface area contributed by atoms with Crippen LogP contribution in [0.5, 0.6) is 0 Å². The van der Waals surface area contributed by atoms with Gasteiger partial charge in [0, 0.05) is 13.1 Å². The van der Waals surface area contributed by atoms with Crippen molar-refractivity contribution in [2.75, 3.05) is 20.2 Å². The van der Waals surface area contributed by atoms with Crippen LogP contribution in [0.2, 0.25) is 0 Å². The molecule has 1 atom stereocenters. The van der Waals surface area contributed by atoms with Crippen LogP contribution in [-0.2, 0) is 14.3 Å². The predicted octanol–water partition coefficient (Wildman–Crippen LogP) is 0.834. The van der Waals surface area contributed by atoms with Gasteiger partial charge in [0.2, 0.25) is 0 Å². The number of methoxy groups -OCH3 is 1. The first-order valence-electron chi connectivity index (χ1n) is 6.72. The van der Waals surface area contributed by atoms with E-state index in [4.69, 9.17) is 5.11 Å². The Bertz CT molecular complexity index is 390. The van der Waals surface area contributed by atoms with Crippen LogP contribution in [0.25, 0.3) is 0 Å². The number of likely N-dealkylation sites (tertiary alicyclic amines) is 1. The van der Waals surface area contributed by atoms with Crippen LogP contribution in [-0.4, -0.2) is 53.7 Å². The molecule has 0 aromatic rings. The number of amides is 2. The normalized spacial score (nSPS) is 19.1. The number of ether oxygens (including phenoxy) is 1. The lowest BCUT2D eigenvalue weighted by Crippen LogP contribution is -2.57. The molecule has 1 fully saturated rings. The maximum Gasteiger partial charge on any atom is 0.329 e. The van der Waals surface area contributed by atoms with Crippen molar-refractivity contribution in [2.45, 2.75) is 38.6 Å². The van der Waals surface area contributed by atoms with Gasteiger partial charge in [0.05, 0.1) is 13.0 Å². The zero-order valence-corrected chi connectivity index (χ0v) is 12.1. The lowest BCUT2D eigenvalue weighted by molar-refractivity contribution is -0.146. The quantitative estimate of drug-likeness (QED) is 0.746. The highest BCUT2D eigenvalue weighted by Crippen LogP contribution is 2.19. The van der Waals surface area contributed by atoms with E-state index in [0.29, 0.717) is 32.4 Å². The van der Waals surface area contributed by atoms with Gasteiger partial charge in [0.1, 0.15) is 5.54 Å². The number of nitrogens with one attached hydrogen (secondary N) is 1. The molecule has 0 aliphatic carbocycles. The second kappa shape index (κ2) is 6.58. The summed E-state index contributed by atoms with van der Waals surface area (Å²) < 4.78 is 4.68. The molecular formula is C13H22N2O5. The Morgan fingerprint density at radius 2 is 1.90 bits per heavy atom. The molecule has 2 amide bonds. The summed E-state index contributed by atoms with van der Waals surface area (Å²) >= 11 is 0. The van der Waals surface area contributed by atoms with Gasteiger partial charge in [0.15, 0.2) is 0 Å². The van der Waals surface area contributed by atoms with Crippen molar-refractivity contribution in [1.82, 2.24) is 10.2 Å². The van der Waals surface area contributed by atoms with Gasteiger partial charge in [-0.15, -0.1) is 0 Å². The van der Waals surface area contributed by atoms with Crippen LogP contribution in [0.3, 0.4) is 0 Å². The predicted molar refractivity (Wildman–Crippen MR) is 71.2 cm³/mol. The number of carboxylic acids is 1. The van der Waals surface area contributed by atoms with Gasteiger partial charge < -0.3 is 20.1 Å². The van der Waals surface area contributed by atoms with E-state index in [1.807, 2.05) is 0 Å². The smallest absolute Gasteiger partial charge is 0.329 e. The Morgan fingerprint density at radius 3 is 2.30 bits per heavy atom. The maximum atomic E-state index is 12.1. The molecule has 1 unspecified atom stereocenters. The van der Waals surface area contributed by atoms with Gasteiger partial charge >= 0.3 is 18.0 Å². The molecule has 0 saturated carbocycles. The first-order valence-corrected chi connectivity index (χ1v) is 6.72. The zero-order valence-electron chi connectivity index (χ0n) is 12.1. The summed E-state index contributed by atoms with van der Waals surface area (Å²) in [5, 5.41) is 11.7. The van der Waals surface area contributed by atoms with Crippen LogP contribution in [0.15, 0.2) is 0 Å². The summed E-state index contributed by atoms with van der Waals surface area (Å²) in [6, 6.07) is -0.403. The van der Waals surface area contributed by atoms with Crippen LogP contribution in [0.1, 0.15) is 33.1 Å². The minimum Gasteiger partial charge on any atom is -0.480 e. The van der Waals surface area contributed by atoms with Crippen molar-refractivity contribution in [3.05, 3.63) is 0 Å². The number of rotatable bonds is 4. The van der Waals surface area contributed by atoms with Crippen LogP contribution in [0, 0.1) is 5.92 Å². The van der Waals surface area contributed by atoms with Crippen molar-refractivity contribution < 1.29 is 24.2 Å². The van der Waals surface area contributed by atoms with Gasteiger partial charge in [-0.25, -0.2) is 9.59 Å². The van der Waals surface area contributed by atoms with E-state index in [9.17, 15) is 14.4 Å². The van der Waals surface area contributed by atoms with Crippen molar-refractivity contribution in [3.8, 4) is 0 Å². The fraction of sp³-hybridized carbons (Fsp3) is 0.769. The fourth-order valence-electron chi connectivity index (χ4n) is 2.09. The van der Waals surface area contributed by atoms with E-state index < -0.39 is 17.5 Å². The molecular weight excluding hydrogens is 264 g/mol. The molecule has 20 heavy (non-hydrogen) atoms. The highest BCUT2D eigenvalue weighted by atomic mass is 16.5. The lowest BCUT2D eigenvalue weighted by atomic mass is 9.96. The lowest BCUT2D eigenvalue weighted by Gasteiger charge is -2.34. The maximum absolute atomic E-state index is 12.1. The van der Waals surface area contributed by atoms with Crippen LogP contribution < -0.4 is 5.32 Å². The molecule has 2 N–H and O–H groups in total. The molecule has 1 rings (SSSR count). The number of urea groups is 1. The van der Waals surface area contributed by atoms with E-state index in [2.05, 4.69) is 10.1 Å². The molecule has 1 saturated heterocycles. The third kappa shape index (κ3) is 3.61. The molecule has 7 heteroatoms. The number of nitrogens with zero attached hydrogens (tertiary/aromatic N) is 1. The third-order valence-corrected chi connectivity index (χ3v) is 3.88. The summed E-state index contributed by atoms with van der Waals surface area (Å²) in [5.41, 5.74) is -1.27. The molecule has 0 aromatic heterocycles. The van der Waals surface area contributed by atoms with E-state index in [0.717, 1.165) is 0 Å². The first-order chi connectivity index (χ1) is 9.34. The van der Waals surface area contributed by atoms with Crippen molar-refractivity contribution in [1.29, 1.82) is 0 Å². The monoisotopic (exact) mass is 286 g/mol. The Morgan fingerprint density at radius 1 is 1.35 bits per heavy atom. The Hall–Kier alpha value is -1.79. The summed E-state index contributed by atoms with van der Waals surface area (Å²) in [6.07, 6.45) is 1.37. The summed E-state index contributed by atoms with van der Waals surface area (Å²) in [6.45, 7) is 4.03. The minimum absolute atomic E-state index is 0.180. The van der Waals surface area contributed by atoms with Crippen LogP contribution >= 0.6 is 0 Å². The Balaban J connectivity index is 2.55. The van der Waals surface area contributed by atoms with Gasteiger partial charge in [0.25, 0.3) is 0 Å². The molecule has 0 radical (unpaired) electrons. The highest BCUT2D eigenvalue weighted by Gasteiger charge is 2.35. The number of esters is 1. The second-order valence-corrected chi connectivity index (χ2v) is 5.21.